The summed E-state index contributed by atoms with van der Waals surface area (Å²) in [5, 5.41) is 8.80. The van der Waals surface area contributed by atoms with Gasteiger partial charge in [0, 0.05) is 19.8 Å². The number of unbranched alkanes of at least 4 members (excludes halogenated alkanes) is 2. The van der Waals surface area contributed by atoms with E-state index in [0.29, 0.717) is 6.54 Å². The molecule has 0 atom stereocenters. The lowest BCUT2D eigenvalue weighted by Gasteiger charge is -2.18. The highest BCUT2D eigenvalue weighted by Crippen LogP contribution is 2.18. The summed E-state index contributed by atoms with van der Waals surface area (Å²) >= 11 is 0. The highest BCUT2D eigenvalue weighted by atomic mass is 19.1. The van der Waals surface area contributed by atoms with E-state index < -0.39 is 11.8 Å². The first kappa shape index (κ1) is 13.4. The molecule has 0 radical (unpaired) electrons. The van der Waals surface area contributed by atoms with Gasteiger partial charge < -0.3 is 10.0 Å². The topological polar surface area (TPSA) is 53.4 Å². The molecule has 94 valence electrons. The zero-order chi connectivity index (χ0) is 12.8. The first-order chi connectivity index (χ1) is 8.07. The number of pyridine rings is 1. The number of aromatic carboxylic acids is 1. The SMILES string of the molecule is CCCCCN(C)c1nccc(C(=O)O)c1F. The summed E-state index contributed by atoms with van der Waals surface area (Å²) in [7, 11) is 1.71. The average molecular weight is 240 g/mol. The standard InChI is InChI=1S/C12H17FN2O2/c1-3-4-5-8-15(2)11-10(13)9(12(16)17)6-7-14-11/h6-7H,3-5,8H2,1-2H3,(H,16,17). The maximum absolute atomic E-state index is 13.8. The molecule has 0 bridgehead atoms. The van der Waals surface area contributed by atoms with Crippen molar-refractivity contribution in [3.63, 3.8) is 0 Å². The number of anilines is 1. The lowest BCUT2D eigenvalue weighted by molar-refractivity contribution is 0.0692. The van der Waals surface area contributed by atoms with Crippen LogP contribution in [0.4, 0.5) is 10.2 Å². The van der Waals surface area contributed by atoms with E-state index in [4.69, 9.17) is 5.11 Å². The van der Waals surface area contributed by atoms with E-state index in [1.54, 1.807) is 11.9 Å². The molecule has 1 aromatic rings. The Bertz CT molecular complexity index is 396. The Balaban J connectivity index is 2.83. The molecule has 0 fully saturated rings. The van der Waals surface area contributed by atoms with Gasteiger partial charge in [-0.3, -0.25) is 0 Å². The number of hydrogen-bond donors (Lipinski definition) is 1. The number of carbonyl (C=O) groups is 1. The first-order valence-electron chi connectivity index (χ1n) is 5.66. The van der Waals surface area contributed by atoms with Crippen molar-refractivity contribution < 1.29 is 14.3 Å². The van der Waals surface area contributed by atoms with Gasteiger partial charge in [0.2, 0.25) is 0 Å². The van der Waals surface area contributed by atoms with Crippen molar-refractivity contribution in [2.45, 2.75) is 26.2 Å². The molecule has 0 aliphatic carbocycles. The third-order valence-corrected chi connectivity index (χ3v) is 2.56. The van der Waals surface area contributed by atoms with Crippen molar-refractivity contribution >= 4 is 11.8 Å². The van der Waals surface area contributed by atoms with E-state index in [0.717, 1.165) is 19.3 Å². The minimum absolute atomic E-state index is 0.0982. The summed E-state index contributed by atoms with van der Waals surface area (Å²) in [5.41, 5.74) is -0.336. The summed E-state index contributed by atoms with van der Waals surface area (Å²) in [6.07, 6.45) is 4.40. The van der Waals surface area contributed by atoms with Crippen molar-refractivity contribution in [3.8, 4) is 0 Å². The fraction of sp³-hybridized carbons (Fsp3) is 0.500. The number of carboxylic acids is 1. The monoisotopic (exact) mass is 240 g/mol. The van der Waals surface area contributed by atoms with Crippen LogP contribution in [0.1, 0.15) is 36.5 Å². The second-order valence-electron chi connectivity index (χ2n) is 3.93. The summed E-state index contributed by atoms with van der Waals surface area (Å²) in [6.45, 7) is 2.75. The zero-order valence-corrected chi connectivity index (χ0v) is 10.1. The molecule has 0 aromatic carbocycles. The summed E-state index contributed by atoms with van der Waals surface area (Å²) < 4.78 is 13.8. The van der Waals surface area contributed by atoms with E-state index in [9.17, 15) is 9.18 Å². The van der Waals surface area contributed by atoms with Gasteiger partial charge in [-0.25, -0.2) is 14.2 Å². The minimum Gasteiger partial charge on any atom is -0.478 e. The summed E-state index contributed by atoms with van der Waals surface area (Å²) in [6, 6.07) is 1.17. The number of nitrogens with zero attached hydrogens (tertiary/aromatic N) is 2. The van der Waals surface area contributed by atoms with Gasteiger partial charge in [-0.2, -0.15) is 0 Å². The van der Waals surface area contributed by atoms with Gasteiger partial charge in [-0.05, 0) is 12.5 Å². The molecular weight excluding hydrogens is 223 g/mol. The van der Waals surface area contributed by atoms with Crippen LogP contribution >= 0.6 is 0 Å². The van der Waals surface area contributed by atoms with Crippen molar-refractivity contribution in [3.05, 3.63) is 23.6 Å². The van der Waals surface area contributed by atoms with Gasteiger partial charge in [-0.15, -0.1) is 0 Å². The molecule has 0 unspecified atom stereocenters. The predicted molar refractivity (Wildman–Crippen MR) is 63.9 cm³/mol. The summed E-state index contributed by atoms with van der Waals surface area (Å²) in [4.78, 5) is 16.3. The van der Waals surface area contributed by atoms with Crippen LogP contribution in [0.2, 0.25) is 0 Å². The Labute approximate surface area is 100 Å². The van der Waals surface area contributed by atoms with Crippen LogP contribution in [0.3, 0.4) is 0 Å². The molecule has 0 saturated carbocycles. The van der Waals surface area contributed by atoms with E-state index >= 15 is 0 Å². The lowest BCUT2D eigenvalue weighted by Crippen LogP contribution is -2.22. The molecule has 0 aliphatic heterocycles. The van der Waals surface area contributed by atoms with Crippen molar-refractivity contribution in [1.82, 2.24) is 4.98 Å². The molecule has 0 amide bonds. The molecule has 0 spiro atoms. The van der Waals surface area contributed by atoms with Gasteiger partial charge in [0.25, 0.3) is 0 Å². The maximum atomic E-state index is 13.8. The first-order valence-corrected chi connectivity index (χ1v) is 5.66. The molecule has 5 heteroatoms. The Hall–Kier alpha value is -1.65. The van der Waals surface area contributed by atoms with Crippen molar-refractivity contribution in [2.75, 3.05) is 18.5 Å². The number of halogens is 1. The van der Waals surface area contributed by atoms with Gasteiger partial charge in [-0.1, -0.05) is 19.8 Å². The van der Waals surface area contributed by atoms with Crippen LogP contribution in [0.15, 0.2) is 12.3 Å². The predicted octanol–water partition coefficient (Wildman–Crippen LogP) is 2.55. The van der Waals surface area contributed by atoms with Gasteiger partial charge >= 0.3 is 5.97 Å². The highest BCUT2D eigenvalue weighted by molar-refractivity contribution is 5.88. The van der Waals surface area contributed by atoms with E-state index in [-0.39, 0.29) is 11.4 Å². The second-order valence-corrected chi connectivity index (χ2v) is 3.93. The normalized spacial score (nSPS) is 10.3. The van der Waals surface area contributed by atoms with Gasteiger partial charge in [0.15, 0.2) is 11.6 Å². The van der Waals surface area contributed by atoms with Crippen LogP contribution in [0, 0.1) is 5.82 Å². The summed E-state index contributed by atoms with van der Waals surface area (Å²) in [5.74, 6) is -1.94. The van der Waals surface area contributed by atoms with Crippen LogP contribution < -0.4 is 4.90 Å². The highest BCUT2D eigenvalue weighted by Gasteiger charge is 2.17. The number of carboxylic acid groups (broad SMARTS) is 1. The molecular formula is C12H17FN2O2. The average Bonchev–Trinajstić information content (AvgIpc) is 2.29. The molecule has 1 aromatic heterocycles. The third kappa shape index (κ3) is 3.41. The fourth-order valence-electron chi connectivity index (χ4n) is 1.57. The smallest absolute Gasteiger partial charge is 0.338 e. The largest absolute Gasteiger partial charge is 0.478 e. The van der Waals surface area contributed by atoms with E-state index in [2.05, 4.69) is 11.9 Å². The third-order valence-electron chi connectivity index (χ3n) is 2.56. The van der Waals surface area contributed by atoms with Crippen LogP contribution in [-0.2, 0) is 0 Å². The number of rotatable bonds is 6. The Morgan fingerprint density at radius 3 is 2.82 bits per heavy atom. The molecule has 17 heavy (non-hydrogen) atoms. The maximum Gasteiger partial charge on any atom is 0.338 e. The molecule has 1 heterocycles. The lowest BCUT2D eigenvalue weighted by atomic mass is 10.2. The van der Waals surface area contributed by atoms with Crippen molar-refractivity contribution in [2.24, 2.45) is 0 Å². The molecule has 4 nitrogen and oxygen atoms in total. The van der Waals surface area contributed by atoms with Crippen LogP contribution in [0.25, 0.3) is 0 Å². The Morgan fingerprint density at radius 1 is 1.53 bits per heavy atom. The Kier molecular flexibility index (Phi) is 4.87. The zero-order valence-electron chi connectivity index (χ0n) is 10.1. The van der Waals surface area contributed by atoms with Crippen molar-refractivity contribution in [1.29, 1.82) is 0 Å². The second kappa shape index (κ2) is 6.18. The fourth-order valence-corrected chi connectivity index (χ4v) is 1.57. The van der Waals surface area contributed by atoms with Crippen LogP contribution in [0.5, 0.6) is 0 Å². The molecule has 0 saturated heterocycles. The van der Waals surface area contributed by atoms with Crippen LogP contribution in [-0.4, -0.2) is 29.7 Å². The number of hydrogen-bond acceptors (Lipinski definition) is 3. The minimum atomic E-state index is -1.27. The molecule has 0 aliphatic rings. The van der Waals surface area contributed by atoms with Gasteiger partial charge in [0.05, 0.1) is 0 Å². The molecule has 1 rings (SSSR count). The van der Waals surface area contributed by atoms with E-state index in [1.807, 2.05) is 0 Å². The van der Waals surface area contributed by atoms with Gasteiger partial charge in [0.1, 0.15) is 5.56 Å². The quantitative estimate of drug-likeness (QED) is 0.776. The van der Waals surface area contributed by atoms with E-state index in [1.165, 1.54) is 12.3 Å². The molecule has 1 N–H and O–H groups in total. The number of aromatic nitrogens is 1. The Morgan fingerprint density at radius 2 is 2.24 bits per heavy atom.